The highest BCUT2D eigenvalue weighted by Crippen LogP contribution is 2.33. The number of H-pyrrole nitrogens is 1. The second-order valence-electron chi connectivity index (χ2n) is 9.17. The van der Waals surface area contributed by atoms with Crippen molar-refractivity contribution < 1.29 is 9.84 Å². The molecule has 3 heterocycles. The lowest BCUT2D eigenvalue weighted by Gasteiger charge is -2.38. The second-order valence-corrected chi connectivity index (χ2v) is 9.61. The zero-order valence-electron chi connectivity index (χ0n) is 20.4. The molecule has 37 heavy (non-hydrogen) atoms. The van der Waals surface area contributed by atoms with Gasteiger partial charge in [0, 0.05) is 42.6 Å². The number of ether oxygens (including phenoxy) is 1. The molecule has 1 fully saturated rings. The Hall–Kier alpha value is -3.59. The van der Waals surface area contributed by atoms with Crippen molar-refractivity contribution in [1.29, 1.82) is 0 Å². The average Bonchev–Trinajstić information content (AvgIpc) is 3.46. The minimum Gasteiger partial charge on any atom is -0.485 e. The van der Waals surface area contributed by atoms with Gasteiger partial charge >= 0.3 is 0 Å². The van der Waals surface area contributed by atoms with Gasteiger partial charge in [0.15, 0.2) is 6.61 Å². The van der Waals surface area contributed by atoms with E-state index < -0.39 is 5.60 Å². The van der Waals surface area contributed by atoms with Gasteiger partial charge in [-0.2, -0.15) is 5.21 Å². The minimum atomic E-state index is -0.792. The van der Waals surface area contributed by atoms with Gasteiger partial charge in [-0.25, -0.2) is 0 Å². The number of piperidine rings is 1. The zero-order valence-corrected chi connectivity index (χ0v) is 21.2. The van der Waals surface area contributed by atoms with E-state index in [-0.39, 0.29) is 6.61 Å². The standard InChI is InChI=1S/C28H29ClN6O2/c29-24-10-8-23(9-11-24)28(36)12-16-35(17-13-28)15-3-7-26(22-5-2-14-30-19-22)21-4-1-6-25(18-21)37-20-27-31-33-34-32-27/h1-2,4-11,14,18-19,36H,3,12-13,15-17,20H2,(H,31,32,33,34)/b26-7-. The van der Waals surface area contributed by atoms with Gasteiger partial charge in [0.2, 0.25) is 5.82 Å². The van der Waals surface area contributed by atoms with Crippen LogP contribution in [0.4, 0.5) is 0 Å². The smallest absolute Gasteiger partial charge is 0.211 e. The Morgan fingerprint density at radius 1 is 1.08 bits per heavy atom. The topological polar surface area (TPSA) is 100 Å². The van der Waals surface area contributed by atoms with Crippen molar-refractivity contribution in [1.82, 2.24) is 30.5 Å². The molecule has 0 spiro atoms. The Morgan fingerprint density at radius 2 is 1.89 bits per heavy atom. The molecule has 8 nitrogen and oxygen atoms in total. The molecule has 0 saturated carbocycles. The van der Waals surface area contributed by atoms with Crippen LogP contribution in [0.5, 0.6) is 5.75 Å². The van der Waals surface area contributed by atoms with E-state index in [9.17, 15) is 5.11 Å². The van der Waals surface area contributed by atoms with Gasteiger partial charge in [0.25, 0.3) is 0 Å². The molecule has 190 valence electrons. The molecule has 0 amide bonds. The lowest BCUT2D eigenvalue weighted by molar-refractivity contribution is -0.0254. The van der Waals surface area contributed by atoms with Gasteiger partial charge in [-0.3, -0.25) is 4.98 Å². The predicted octanol–water partition coefficient (Wildman–Crippen LogP) is 4.63. The number of aromatic amines is 1. The fourth-order valence-electron chi connectivity index (χ4n) is 4.66. The third-order valence-corrected chi connectivity index (χ3v) is 6.99. The number of aromatic nitrogens is 5. The Balaban J connectivity index is 1.25. The van der Waals surface area contributed by atoms with Crippen LogP contribution in [0.1, 0.15) is 41.8 Å². The van der Waals surface area contributed by atoms with Gasteiger partial charge < -0.3 is 14.7 Å². The summed E-state index contributed by atoms with van der Waals surface area (Å²) in [4.78, 5) is 6.74. The summed E-state index contributed by atoms with van der Waals surface area (Å²) in [5.74, 6) is 1.23. The summed E-state index contributed by atoms with van der Waals surface area (Å²) < 4.78 is 5.87. The number of likely N-dealkylation sites (tertiary alicyclic amines) is 1. The molecule has 4 aromatic rings. The maximum absolute atomic E-state index is 11.2. The molecule has 1 aliphatic rings. The maximum atomic E-state index is 11.2. The third-order valence-electron chi connectivity index (χ3n) is 6.73. The normalized spacial score (nSPS) is 16.0. The van der Waals surface area contributed by atoms with Crippen molar-refractivity contribution in [2.45, 2.75) is 31.5 Å². The van der Waals surface area contributed by atoms with Crippen LogP contribution in [0.3, 0.4) is 0 Å². The number of tetrazole rings is 1. The SMILES string of the molecule is OC1(c2ccc(Cl)cc2)CCN(CC/C=C(\c2cccnc2)c2cccc(OCc3nn[nH]n3)c2)CC1. The van der Waals surface area contributed by atoms with Crippen molar-refractivity contribution in [3.8, 4) is 5.75 Å². The highest BCUT2D eigenvalue weighted by molar-refractivity contribution is 6.30. The largest absolute Gasteiger partial charge is 0.485 e. The number of hydrogen-bond acceptors (Lipinski definition) is 7. The van der Waals surface area contributed by atoms with Crippen molar-refractivity contribution >= 4 is 17.2 Å². The summed E-state index contributed by atoms with van der Waals surface area (Å²) in [6.07, 6.45) is 8.20. The van der Waals surface area contributed by atoms with E-state index >= 15 is 0 Å². The number of rotatable bonds is 9. The fraction of sp³-hybridized carbons (Fsp3) is 0.286. The molecule has 1 saturated heterocycles. The fourth-order valence-corrected chi connectivity index (χ4v) is 4.78. The first kappa shape index (κ1) is 25.1. The van der Waals surface area contributed by atoms with Crippen molar-refractivity contribution in [2.75, 3.05) is 19.6 Å². The van der Waals surface area contributed by atoms with Crippen LogP contribution < -0.4 is 4.74 Å². The summed E-state index contributed by atoms with van der Waals surface area (Å²) in [5.41, 5.74) is 3.35. The van der Waals surface area contributed by atoms with E-state index in [1.807, 2.05) is 54.7 Å². The molecule has 2 aromatic heterocycles. The number of benzene rings is 2. The van der Waals surface area contributed by atoms with Crippen LogP contribution in [0, 0.1) is 0 Å². The second kappa shape index (κ2) is 11.6. The molecule has 0 unspecified atom stereocenters. The lowest BCUT2D eigenvalue weighted by atomic mass is 9.84. The molecular weight excluding hydrogens is 488 g/mol. The van der Waals surface area contributed by atoms with Crippen molar-refractivity contribution in [2.24, 2.45) is 0 Å². The van der Waals surface area contributed by atoms with E-state index in [4.69, 9.17) is 16.3 Å². The molecule has 5 rings (SSSR count). The van der Waals surface area contributed by atoms with Crippen LogP contribution in [0.15, 0.2) is 79.1 Å². The highest BCUT2D eigenvalue weighted by Gasteiger charge is 2.33. The first-order valence-electron chi connectivity index (χ1n) is 12.4. The van der Waals surface area contributed by atoms with E-state index in [1.54, 1.807) is 6.20 Å². The summed E-state index contributed by atoms with van der Waals surface area (Å²) in [7, 11) is 0. The minimum absolute atomic E-state index is 0.239. The first-order valence-corrected chi connectivity index (χ1v) is 12.7. The Kier molecular flexibility index (Phi) is 7.89. The zero-order chi connectivity index (χ0) is 25.5. The van der Waals surface area contributed by atoms with E-state index in [2.05, 4.69) is 48.7 Å². The van der Waals surface area contributed by atoms with E-state index in [0.29, 0.717) is 23.7 Å². The summed E-state index contributed by atoms with van der Waals surface area (Å²) in [6.45, 7) is 2.83. The molecule has 2 N–H and O–H groups in total. The lowest BCUT2D eigenvalue weighted by Crippen LogP contribution is -2.42. The van der Waals surface area contributed by atoms with Gasteiger partial charge in [-0.1, -0.05) is 53.2 Å². The summed E-state index contributed by atoms with van der Waals surface area (Å²) in [6, 6.07) is 19.6. The molecule has 0 aliphatic carbocycles. The number of nitrogens with zero attached hydrogens (tertiary/aromatic N) is 5. The van der Waals surface area contributed by atoms with Gasteiger partial charge in [0.1, 0.15) is 5.75 Å². The van der Waals surface area contributed by atoms with Gasteiger partial charge in [-0.05, 0) is 66.3 Å². The van der Waals surface area contributed by atoms with Crippen molar-refractivity contribution in [3.63, 3.8) is 0 Å². The Morgan fingerprint density at radius 3 is 2.62 bits per heavy atom. The van der Waals surface area contributed by atoms with Crippen LogP contribution in [0.25, 0.3) is 5.57 Å². The summed E-state index contributed by atoms with van der Waals surface area (Å²) in [5, 5.41) is 25.7. The number of aliphatic hydroxyl groups is 1. The predicted molar refractivity (Wildman–Crippen MR) is 142 cm³/mol. The number of pyridine rings is 1. The van der Waals surface area contributed by atoms with Gasteiger partial charge in [0.05, 0.1) is 5.60 Å². The van der Waals surface area contributed by atoms with Gasteiger partial charge in [-0.15, -0.1) is 10.2 Å². The van der Waals surface area contributed by atoms with Crippen LogP contribution >= 0.6 is 11.6 Å². The molecule has 9 heteroatoms. The number of hydrogen-bond donors (Lipinski definition) is 2. The molecule has 2 aromatic carbocycles. The van der Waals surface area contributed by atoms with Crippen LogP contribution in [0.2, 0.25) is 5.02 Å². The molecular formula is C28H29ClN6O2. The third kappa shape index (κ3) is 6.40. The molecule has 1 aliphatic heterocycles. The molecule has 0 radical (unpaired) electrons. The van der Waals surface area contributed by atoms with Crippen molar-refractivity contribution in [3.05, 3.63) is 107 Å². The monoisotopic (exact) mass is 516 g/mol. The number of nitrogens with one attached hydrogen (secondary N) is 1. The molecule has 0 atom stereocenters. The summed E-state index contributed by atoms with van der Waals surface area (Å²) >= 11 is 6.02. The van der Waals surface area contributed by atoms with Crippen LogP contribution in [-0.4, -0.2) is 55.2 Å². The average molecular weight is 517 g/mol. The number of halogens is 1. The van der Waals surface area contributed by atoms with E-state index in [1.165, 1.54) is 0 Å². The maximum Gasteiger partial charge on any atom is 0.211 e. The quantitative estimate of drug-likeness (QED) is 0.334. The van der Waals surface area contributed by atoms with E-state index in [0.717, 1.165) is 54.1 Å². The molecule has 0 bridgehead atoms. The van der Waals surface area contributed by atoms with Crippen LogP contribution in [-0.2, 0) is 12.2 Å². The highest BCUT2D eigenvalue weighted by atomic mass is 35.5. The first-order chi connectivity index (χ1) is 18.1. The Bertz CT molecular complexity index is 1300. The Labute approximate surface area is 221 Å².